The van der Waals surface area contributed by atoms with Gasteiger partial charge in [0.15, 0.2) is 0 Å². The maximum atomic E-state index is 2.55. The number of hydrogen-bond acceptors (Lipinski definition) is 0. The summed E-state index contributed by atoms with van der Waals surface area (Å²) in [7, 11) is 0. The molecule has 1 heteroatoms. The molecule has 0 aromatic heterocycles. The predicted octanol–water partition coefficient (Wildman–Crippen LogP) is 2.86. The molecule has 3 atom stereocenters. The summed E-state index contributed by atoms with van der Waals surface area (Å²) in [4.78, 5) is 0. The monoisotopic (exact) mass is 236 g/mol. The average Bonchev–Trinajstić information content (AvgIpc) is 2.45. The van der Waals surface area contributed by atoms with Crippen LogP contribution in [0.3, 0.4) is 0 Å². The molecule has 2 fully saturated rings. The first-order valence-electron chi connectivity index (χ1n) is 3.96. The van der Waals surface area contributed by atoms with Crippen molar-refractivity contribution in [2.45, 2.75) is 25.7 Å². The second-order valence-electron chi connectivity index (χ2n) is 3.59. The quantitative estimate of drug-likeness (QED) is 0.485. The Balaban J connectivity index is 2.01. The van der Waals surface area contributed by atoms with Gasteiger partial charge in [-0.15, -0.1) is 0 Å². The Hall–Kier alpha value is 0.730. The Morgan fingerprint density at radius 3 is 2.44 bits per heavy atom. The molecule has 0 N–H and O–H groups in total. The van der Waals surface area contributed by atoms with Gasteiger partial charge >= 0.3 is 0 Å². The van der Waals surface area contributed by atoms with Crippen LogP contribution in [0.5, 0.6) is 0 Å². The summed E-state index contributed by atoms with van der Waals surface area (Å²) in [6, 6.07) is 0. The molecule has 52 valence electrons. The Morgan fingerprint density at radius 2 is 2.11 bits per heavy atom. The highest BCUT2D eigenvalue weighted by Gasteiger charge is 2.38. The number of alkyl halides is 1. The van der Waals surface area contributed by atoms with Gasteiger partial charge in [0, 0.05) is 4.43 Å². The molecular formula is C8H13I. The molecule has 2 saturated carbocycles. The van der Waals surface area contributed by atoms with E-state index in [4.69, 9.17) is 0 Å². The summed E-state index contributed by atoms with van der Waals surface area (Å²) in [6.45, 7) is 0. The van der Waals surface area contributed by atoms with Crippen molar-refractivity contribution < 1.29 is 0 Å². The highest BCUT2D eigenvalue weighted by molar-refractivity contribution is 14.1. The van der Waals surface area contributed by atoms with Gasteiger partial charge in [-0.1, -0.05) is 29.0 Å². The van der Waals surface area contributed by atoms with Crippen molar-refractivity contribution in [2.75, 3.05) is 4.43 Å². The van der Waals surface area contributed by atoms with E-state index in [1.54, 1.807) is 25.7 Å². The van der Waals surface area contributed by atoms with Crippen molar-refractivity contribution in [2.24, 2.45) is 17.8 Å². The molecule has 2 rings (SSSR count). The van der Waals surface area contributed by atoms with Crippen LogP contribution in [0.4, 0.5) is 0 Å². The number of fused-ring (bicyclic) bond motifs is 2. The number of hydrogen-bond donors (Lipinski definition) is 0. The molecule has 0 unspecified atom stereocenters. The van der Waals surface area contributed by atoms with Crippen LogP contribution < -0.4 is 0 Å². The topological polar surface area (TPSA) is 0 Å². The third-order valence-electron chi connectivity index (χ3n) is 3.08. The zero-order chi connectivity index (χ0) is 6.27. The van der Waals surface area contributed by atoms with Crippen molar-refractivity contribution in [3.05, 3.63) is 0 Å². The van der Waals surface area contributed by atoms with Crippen LogP contribution >= 0.6 is 22.6 Å². The normalized spacial score (nSPS) is 48.3. The van der Waals surface area contributed by atoms with Crippen LogP contribution in [-0.2, 0) is 0 Å². The highest BCUT2D eigenvalue weighted by atomic mass is 127. The van der Waals surface area contributed by atoms with Crippen molar-refractivity contribution in [1.82, 2.24) is 0 Å². The van der Waals surface area contributed by atoms with Gasteiger partial charge in [0.2, 0.25) is 0 Å². The smallest absolute Gasteiger partial charge is 0.00264 e. The van der Waals surface area contributed by atoms with Gasteiger partial charge in [0.25, 0.3) is 0 Å². The molecule has 0 radical (unpaired) electrons. The fourth-order valence-electron chi connectivity index (χ4n) is 2.57. The van der Waals surface area contributed by atoms with Crippen LogP contribution in [0.2, 0.25) is 0 Å². The van der Waals surface area contributed by atoms with E-state index in [2.05, 4.69) is 22.6 Å². The van der Waals surface area contributed by atoms with Gasteiger partial charge in [-0.2, -0.15) is 0 Å². The lowest BCUT2D eigenvalue weighted by Crippen LogP contribution is -2.10. The van der Waals surface area contributed by atoms with Crippen molar-refractivity contribution >= 4 is 22.6 Å². The third-order valence-corrected chi connectivity index (χ3v) is 4.21. The SMILES string of the molecule is IC[C@@H]1C[C@H]2CC[C@@H]1C2. The Labute approximate surface area is 70.5 Å². The maximum Gasteiger partial charge on any atom is 0.00264 e. The molecule has 0 amide bonds. The van der Waals surface area contributed by atoms with Crippen molar-refractivity contribution in [3.63, 3.8) is 0 Å². The van der Waals surface area contributed by atoms with Crippen LogP contribution in [0, 0.1) is 17.8 Å². The minimum absolute atomic E-state index is 1.12. The molecule has 0 spiro atoms. The van der Waals surface area contributed by atoms with Crippen LogP contribution in [0.15, 0.2) is 0 Å². The lowest BCUT2D eigenvalue weighted by Gasteiger charge is -2.18. The molecule has 0 nitrogen and oxygen atoms in total. The summed E-state index contributed by atoms with van der Waals surface area (Å²) in [5, 5.41) is 0. The van der Waals surface area contributed by atoms with E-state index in [-0.39, 0.29) is 0 Å². The molecule has 9 heavy (non-hydrogen) atoms. The number of halogens is 1. The minimum Gasteiger partial charge on any atom is -0.0861 e. The molecule has 0 aromatic rings. The Morgan fingerprint density at radius 1 is 1.22 bits per heavy atom. The minimum atomic E-state index is 1.12. The summed E-state index contributed by atoms with van der Waals surface area (Å²) in [5.41, 5.74) is 0. The molecule has 2 aliphatic carbocycles. The molecule has 0 aromatic carbocycles. The Kier molecular flexibility index (Phi) is 1.72. The van der Waals surface area contributed by atoms with Gasteiger partial charge in [-0.25, -0.2) is 0 Å². The van der Waals surface area contributed by atoms with E-state index < -0.39 is 0 Å². The fraction of sp³-hybridized carbons (Fsp3) is 1.00. The largest absolute Gasteiger partial charge is 0.0861 e. The van der Waals surface area contributed by atoms with Gasteiger partial charge < -0.3 is 0 Å². The fourth-order valence-corrected chi connectivity index (χ4v) is 3.64. The van der Waals surface area contributed by atoms with Gasteiger partial charge in [0.1, 0.15) is 0 Å². The second-order valence-corrected chi connectivity index (χ2v) is 4.47. The summed E-state index contributed by atoms with van der Waals surface area (Å²) in [5.74, 6) is 3.41. The van der Waals surface area contributed by atoms with Crippen molar-refractivity contribution in [1.29, 1.82) is 0 Å². The zero-order valence-corrected chi connectivity index (χ0v) is 7.80. The van der Waals surface area contributed by atoms with Crippen LogP contribution in [0.25, 0.3) is 0 Å². The first-order chi connectivity index (χ1) is 4.40. The standard InChI is InChI=1S/C8H13I/c9-5-8-4-6-1-2-7(8)3-6/h6-8H,1-5H2/t6-,7+,8-/m0/s1. The van der Waals surface area contributed by atoms with Gasteiger partial charge in [-0.3, -0.25) is 0 Å². The van der Waals surface area contributed by atoms with Gasteiger partial charge in [0.05, 0.1) is 0 Å². The van der Waals surface area contributed by atoms with E-state index in [0.29, 0.717) is 0 Å². The lowest BCUT2D eigenvalue weighted by molar-refractivity contribution is 0.369. The first-order valence-corrected chi connectivity index (χ1v) is 5.48. The van der Waals surface area contributed by atoms with E-state index >= 15 is 0 Å². The van der Waals surface area contributed by atoms with Crippen LogP contribution in [-0.4, -0.2) is 4.43 Å². The summed E-state index contributed by atoms with van der Waals surface area (Å²) >= 11 is 2.55. The summed E-state index contributed by atoms with van der Waals surface area (Å²) < 4.78 is 1.42. The molecule has 0 heterocycles. The van der Waals surface area contributed by atoms with E-state index in [0.717, 1.165) is 17.8 Å². The highest BCUT2D eigenvalue weighted by Crippen LogP contribution is 2.48. The number of rotatable bonds is 1. The Bertz CT molecular complexity index is 111. The second kappa shape index (κ2) is 2.40. The van der Waals surface area contributed by atoms with E-state index in [9.17, 15) is 0 Å². The molecule has 2 aliphatic rings. The third kappa shape index (κ3) is 1.02. The zero-order valence-electron chi connectivity index (χ0n) is 5.65. The van der Waals surface area contributed by atoms with Gasteiger partial charge in [-0.05, 0) is 37.0 Å². The van der Waals surface area contributed by atoms with Crippen molar-refractivity contribution in [3.8, 4) is 0 Å². The van der Waals surface area contributed by atoms with E-state index in [1.807, 2.05) is 0 Å². The van der Waals surface area contributed by atoms with Crippen LogP contribution in [0.1, 0.15) is 25.7 Å². The van der Waals surface area contributed by atoms with E-state index in [1.165, 1.54) is 4.43 Å². The molecular weight excluding hydrogens is 223 g/mol. The molecule has 2 bridgehead atoms. The first kappa shape index (κ1) is 6.44. The maximum absolute atomic E-state index is 2.55. The summed E-state index contributed by atoms with van der Waals surface area (Å²) in [6.07, 6.45) is 6.25. The lowest BCUT2D eigenvalue weighted by atomic mass is 9.91. The predicted molar refractivity (Wildman–Crippen MR) is 47.8 cm³/mol. The molecule has 0 saturated heterocycles. The average molecular weight is 236 g/mol. The molecule has 0 aliphatic heterocycles.